The van der Waals surface area contributed by atoms with Gasteiger partial charge in [-0.3, -0.25) is 10.1 Å². The van der Waals surface area contributed by atoms with Crippen molar-refractivity contribution in [1.29, 1.82) is 0 Å². The third-order valence-corrected chi connectivity index (χ3v) is 4.34. The number of anilines is 2. The molecule has 0 aliphatic carbocycles. The van der Waals surface area contributed by atoms with Crippen molar-refractivity contribution in [3.05, 3.63) is 82.5 Å². The Morgan fingerprint density at radius 3 is 2.62 bits per heavy atom. The average molecular weight is 366 g/mol. The molecule has 0 fully saturated rings. The summed E-state index contributed by atoms with van der Waals surface area (Å²) in [5.74, 6) is 0.548. The van der Waals surface area contributed by atoms with Gasteiger partial charge in [0.25, 0.3) is 11.9 Å². The van der Waals surface area contributed by atoms with Gasteiger partial charge in [0.2, 0.25) is 5.95 Å². The third kappa shape index (κ3) is 3.19. The Morgan fingerprint density at radius 1 is 1.15 bits per heavy atom. The predicted molar refractivity (Wildman–Crippen MR) is 101 cm³/mol. The molecule has 1 amide bonds. The zero-order chi connectivity index (χ0) is 18.1. The first kappa shape index (κ1) is 16.4. The Hall–Kier alpha value is -3.12. The number of carbonyl (C=O) groups is 1. The van der Waals surface area contributed by atoms with Gasteiger partial charge in [0.05, 0.1) is 0 Å². The number of halogens is 1. The van der Waals surface area contributed by atoms with Gasteiger partial charge in [0.15, 0.2) is 0 Å². The number of carbonyl (C=O) groups excluding carboxylic acids is 1. The molecule has 4 rings (SSSR count). The molecule has 2 aromatic carbocycles. The lowest BCUT2D eigenvalue weighted by Crippen LogP contribution is -2.19. The Bertz CT molecular complexity index is 979. The molecule has 2 heterocycles. The molecule has 2 N–H and O–H groups in total. The van der Waals surface area contributed by atoms with E-state index in [-0.39, 0.29) is 17.9 Å². The minimum Gasteiger partial charge on any atom is -0.329 e. The van der Waals surface area contributed by atoms with E-state index in [2.05, 4.69) is 26.8 Å². The molecule has 0 unspecified atom stereocenters. The van der Waals surface area contributed by atoms with Gasteiger partial charge in [0, 0.05) is 16.3 Å². The Morgan fingerprint density at radius 2 is 1.88 bits per heavy atom. The minimum atomic E-state index is -0.287. The van der Waals surface area contributed by atoms with Gasteiger partial charge in [-0.2, -0.15) is 4.98 Å². The van der Waals surface area contributed by atoms with Crippen molar-refractivity contribution in [2.75, 3.05) is 10.6 Å². The van der Waals surface area contributed by atoms with Gasteiger partial charge in [-0.25, -0.2) is 4.68 Å². The van der Waals surface area contributed by atoms with E-state index >= 15 is 0 Å². The fourth-order valence-electron chi connectivity index (χ4n) is 2.84. The highest BCUT2D eigenvalue weighted by Gasteiger charge is 2.23. The SMILES string of the molecule is CC1=C[C@@H](c2ccccc2)n2nc(NC(=O)c3ccc(Cl)cc3)nc2N1. The number of hydrogen-bond acceptors (Lipinski definition) is 4. The van der Waals surface area contributed by atoms with Crippen LogP contribution in [0.4, 0.5) is 11.9 Å². The van der Waals surface area contributed by atoms with E-state index < -0.39 is 0 Å². The van der Waals surface area contributed by atoms with Crippen LogP contribution in [0.1, 0.15) is 28.9 Å². The summed E-state index contributed by atoms with van der Waals surface area (Å²) in [6.45, 7) is 1.97. The summed E-state index contributed by atoms with van der Waals surface area (Å²) in [4.78, 5) is 16.8. The largest absolute Gasteiger partial charge is 0.329 e. The van der Waals surface area contributed by atoms with Crippen LogP contribution >= 0.6 is 11.6 Å². The molecule has 0 saturated heterocycles. The van der Waals surface area contributed by atoms with E-state index in [0.29, 0.717) is 16.5 Å². The van der Waals surface area contributed by atoms with Crippen LogP contribution in [0.5, 0.6) is 0 Å². The molecular weight excluding hydrogens is 350 g/mol. The summed E-state index contributed by atoms with van der Waals surface area (Å²) in [6.07, 6.45) is 2.07. The normalized spacial score (nSPS) is 15.6. The summed E-state index contributed by atoms with van der Waals surface area (Å²) < 4.78 is 1.76. The fraction of sp³-hybridized carbons (Fsp3) is 0.105. The van der Waals surface area contributed by atoms with Crippen molar-refractivity contribution < 1.29 is 4.79 Å². The van der Waals surface area contributed by atoms with Crippen molar-refractivity contribution in [3.63, 3.8) is 0 Å². The van der Waals surface area contributed by atoms with Gasteiger partial charge < -0.3 is 5.32 Å². The fourth-order valence-corrected chi connectivity index (χ4v) is 2.97. The number of amides is 1. The van der Waals surface area contributed by atoms with Crippen molar-refractivity contribution in [1.82, 2.24) is 14.8 Å². The van der Waals surface area contributed by atoms with E-state index in [0.717, 1.165) is 11.3 Å². The third-order valence-electron chi connectivity index (χ3n) is 4.08. The number of benzene rings is 2. The second kappa shape index (κ2) is 6.65. The predicted octanol–water partition coefficient (Wildman–Crippen LogP) is 4.10. The second-order valence-electron chi connectivity index (χ2n) is 5.99. The molecule has 1 aromatic heterocycles. The Kier molecular flexibility index (Phi) is 4.18. The number of rotatable bonds is 3. The molecule has 1 aliphatic heterocycles. The van der Waals surface area contributed by atoms with E-state index in [4.69, 9.17) is 11.6 Å². The molecule has 1 aliphatic rings. The van der Waals surface area contributed by atoms with Gasteiger partial charge in [-0.1, -0.05) is 41.9 Å². The molecule has 26 heavy (non-hydrogen) atoms. The number of nitrogens with zero attached hydrogens (tertiary/aromatic N) is 3. The first-order valence-corrected chi connectivity index (χ1v) is 8.52. The van der Waals surface area contributed by atoms with Crippen molar-refractivity contribution in [3.8, 4) is 0 Å². The standard InChI is InChI=1S/C19H16ClN5O/c1-12-11-16(13-5-3-2-4-6-13)25-19(21-12)23-18(24-25)22-17(26)14-7-9-15(20)10-8-14/h2-11,16H,1H3,(H2,21,22,23,24,26)/t16-/m0/s1. The molecule has 0 radical (unpaired) electrons. The summed E-state index contributed by atoms with van der Waals surface area (Å²) in [6, 6.07) is 16.6. The molecular formula is C19H16ClN5O. The summed E-state index contributed by atoms with van der Waals surface area (Å²) >= 11 is 5.86. The van der Waals surface area contributed by atoms with Crippen LogP contribution < -0.4 is 10.6 Å². The smallest absolute Gasteiger partial charge is 0.258 e. The average Bonchev–Trinajstić information content (AvgIpc) is 3.04. The summed E-state index contributed by atoms with van der Waals surface area (Å²) in [7, 11) is 0. The van der Waals surface area contributed by atoms with E-state index in [9.17, 15) is 4.79 Å². The lowest BCUT2D eigenvalue weighted by Gasteiger charge is -2.22. The number of fused-ring (bicyclic) bond motifs is 1. The number of nitrogens with one attached hydrogen (secondary N) is 2. The first-order chi connectivity index (χ1) is 12.6. The molecule has 1 atom stereocenters. The second-order valence-corrected chi connectivity index (χ2v) is 6.43. The highest BCUT2D eigenvalue weighted by atomic mass is 35.5. The summed E-state index contributed by atoms with van der Waals surface area (Å²) in [5, 5.41) is 11.0. The maximum absolute atomic E-state index is 12.4. The molecule has 7 heteroatoms. The quantitative estimate of drug-likeness (QED) is 0.733. The zero-order valence-corrected chi connectivity index (χ0v) is 14.7. The lowest BCUT2D eigenvalue weighted by atomic mass is 10.1. The van der Waals surface area contributed by atoms with Crippen LogP contribution in [0.2, 0.25) is 5.02 Å². The van der Waals surface area contributed by atoms with Crippen molar-refractivity contribution in [2.24, 2.45) is 0 Å². The summed E-state index contributed by atoms with van der Waals surface area (Å²) in [5.41, 5.74) is 2.56. The monoisotopic (exact) mass is 365 g/mol. The van der Waals surface area contributed by atoms with E-state index in [1.54, 1.807) is 28.9 Å². The van der Waals surface area contributed by atoms with Gasteiger partial charge in [0.1, 0.15) is 6.04 Å². The van der Waals surface area contributed by atoms with E-state index in [1.807, 2.05) is 37.3 Å². The van der Waals surface area contributed by atoms with Gasteiger partial charge >= 0.3 is 0 Å². The molecule has 0 spiro atoms. The van der Waals surface area contributed by atoms with Crippen LogP contribution in [0.3, 0.4) is 0 Å². The van der Waals surface area contributed by atoms with E-state index in [1.165, 1.54) is 0 Å². The Balaban J connectivity index is 1.62. The zero-order valence-electron chi connectivity index (χ0n) is 14.0. The minimum absolute atomic E-state index is 0.0823. The van der Waals surface area contributed by atoms with Gasteiger partial charge in [-0.15, -0.1) is 5.10 Å². The molecule has 130 valence electrons. The topological polar surface area (TPSA) is 71.8 Å². The maximum Gasteiger partial charge on any atom is 0.258 e. The first-order valence-electron chi connectivity index (χ1n) is 8.14. The van der Waals surface area contributed by atoms with Crippen molar-refractivity contribution in [2.45, 2.75) is 13.0 Å². The van der Waals surface area contributed by atoms with Crippen LogP contribution in [0.25, 0.3) is 0 Å². The van der Waals surface area contributed by atoms with Crippen LogP contribution in [-0.2, 0) is 0 Å². The molecule has 0 bridgehead atoms. The van der Waals surface area contributed by atoms with Crippen LogP contribution in [-0.4, -0.2) is 20.7 Å². The molecule has 6 nitrogen and oxygen atoms in total. The molecule has 3 aromatic rings. The number of hydrogen-bond donors (Lipinski definition) is 2. The highest BCUT2D eigenvalue weighted by molar-refractivity contribution is 6.30. The van der Waals surface area contributed by atoms with Gasteiger partial charge in [-0.05, 0) is 42.8 Å². The lowest BCUT2D eigenvalue weighted by molar-refractivity contribution is 0.102. The van der Waals surface area contributed by atoms with Crippen molar-refractivity contribution >= 4 is 29.4 Å². The number of allylic oxidation sites excluding steroid dienone is 2. The molecule has 0 saturated carbocycles. The highest BCUT2D eigenvalue weighted by Crippen LogP contribution is 2.29. The number of aromatic nitrogens is 3. The van der Waals surface area contributed by atoms with Crippen LogP contribution in [0, 0.1) is 0 Å². The maximum atomic E-state index is 12.4. The Labute approximate surface area is 155 Å². The van der Waals surface area contributed by atoms with Crippen LogP contribution in [0.15, 0.2) is 66.4 Å².